The standard InChI is InChI=1S/C20H36O3/c1-16(10-8-12-20(2,3)23)9-6-4-5-7-11-17-13-18(21)15-19(22)14-17/h5,7,11,16,18-19,21-23H,4,6,8-10,12-15H2,1-3H3/b7-5-/t16-,18-,19-/m1/s1. The van der Waals surface area contributed by atoms with Gasteiger partial charge in [0.05, 0.1) is 17.8 Å². The van der Waals surface area contributed by atoms with E-state index in [4.69, 9.17) is 0 Å². The van der Waals surface area contributed by atoms with Crippen LogP contribution in [0.2, 0.25) is 0 Å². The van der Waals surface area contributed by atoms with Crippen molar-refractivity contribution in [2.75, 3.05) is 0 Å². The van der Waals surface area contributed by atoms with Gasteiger partial charge in [-0.1, -0.05) is 50.0 Å². The molecule has 1 rings (SSSR count). The molecule has 1 aliphatic carbocycles. The summed E-state index contributed by atoms with van der Waals surface area (Å²) in [5, 5.41) is 29.0. The van der Waals surface area contributed by atoms with Crippen molar-refractivity contribution in [3.05, 3.63) is 23.8 Å². The monoisotopic (exact) mass is 324 g/mol. The Kier molecular flexibility index (Phi) is 9.11. The zero-order valence-electron chi connectivity index (χ0n) is 15.2. The van der Waals surface area contributed by atoms with E-state index in [-0.39, 0.29) is 12.2 Å². The second-order valence-electron chi connectivity index (χ2n) is 7.95. The van der Waals surface area contributed by atoms with Crippen molar-refractivity contribution < 1.29 is 15.3 Å². The Morgan fingerprint density at radius 2 is 1.74 bits per heavy atom. The van der Waals surface area contributed by atoms with E-state index in [0.29, 0.717) is 25.2 Å². The van der Waals surface area contributed by atoms with Crippen molar-refractivity contribution >= 4 is 0 Å². The Morgan fingerprint density at radius 3 is 2.35 bits per heavy atom. The largest absolute Gasteiger partial charge is 0.393 e. The van der Waals surface area contributed by atoms with Gasteiger partial charge in [0.15, 0.2) is 0 Å². The Balaban J connectivity index is 2.12. The van der Waals surface area contributed by atoms with Gasteiger partial charge in [-0.3, -0.25) is 0 Å². The summed E-state index contributed by atoms with van der Waals surface area (Å²) in [5.41, 5.74) is 0.614. The third-order valence-corrected chi connectivity index (χ3v) is 4.56. The highest BCUT2D eigenvalue weighted by Crippen LogP contribution is 2.24. The van der Waals surface area contributed by atoms with Crippen LogP contribution >= 0.6 is 0 Å². The van der Waals surface area contributed by atoms with E-state index < -0.39 is 5.60 Å². The number of allylic oxidation sites excluding steroid dienone is 3. The predicted molar refractivity (Wildman–Crippen MR) is 96.3 cm³/mol. The topological polar surface area (TPSA) is 60.7 Å². The molecule has 0 bridgehead atoms. The summed E-state index contributed by atoms with van der Waals surface area (Å²) in [5.74, 6) is 0.716. The molecule has 3 nitrogen and oxygen atoms in total. The first-order valence-electron chi connectivity index (χ1n) is 9.19. The number of hydrogen-bond acceptors (Lipinski definition) is 3. The van der Waals surface area contributed by atoms with Crippen LogP contribution < -0.4 is 0 Å². The summed E-state index contributed by atoms with van der Waals surface area (Å²) in [6.07, 6.45) is 14.1. The number of hydrogen-bond donors (Lipinski definition) is 3. The van der Waals surface area contributed by atoms with Gasteiger partial charge in [-0.2, -0.15) is 0 Å². The quantitative estimate of drug-likeness (QED) is 0.559. The fourth-order valence-electron chi connectivity index (χ4n) is 3.22. The lowest BCUT2D eigenvalue weighted by Crippen LogP contribution is -2.24. The average molecular weight is 325 g/mol. The lowest BCUT2D eigenvalue weighted by Gasteiger charge is -2.24. The molecule has 0 unspecified atom stereocenters. The van der Waals surface area contributed by atoms with Crippen LogP contribution in [0.3, 0.4) is 0 Å². The van der Waals surface area contributed by atoms with E-state index in [2.05, 4.69) is 25.2 Å². The highest BCUT2D eigenvalue weighted by molar-refractivity contribution is 5.16. The van der Waals surface area contributed by atoms with Crippen LogP contribution in [0.4, 0.5) is 0 Å². The summed E-state index contributed by atoms with van der Waals surface area (Å²) in [7, 11) is 0. The maximum Gasteiger partial charge on any atom is 0.0602 e. The molecule has 0 radical (unpaired) electrons. The van der Waals surface area contributed by atoms with Crippen molar-refractivity contribution in [1.82, 2.24) is 0 Å². The molecule has 1 fully saturated rings. The Morgan fingerprint density at radius 1 is 1.13 bits per heavy atom. The molecule has 3 heteroatoms. The van der Waals surface area contributed by atoms with E-state index in [1.54, 1.807) is 0 Å². The SMILES string of the molecule is C[C@H](CCC/C=C\C=C1C[C@@H](O)C[C@H](O)C1)CCCC(C)(C)O. The van der Waals surface area contributed by atoms with Crippen molar-refractivity contribution in [3.8, 4) is 0 Å². The molecule has 0 aliphatic heterocycles. The van der Waals surface area contributed by atoms with Gasteiger partial charge in [0.25, 0.3) is 0 Å². The zero-order valence-corrected chi connectivity index (χ0v) is 15.2. The van der Waals surface area contributed by atoms with Crippen LogP contribution in [-0.2, 0) is 0 Å². The molecule has 134 valence electrons. The molecular weight excluding hydrogens is 288 g/mol. The summed E-state index contributed by atoms with van der Waals surface area (Å²) < 4.78 is 0. The van der Waals surface area contributed by atoms with Crippen molar-refractivity contribution in [2.24, 2.45) is 5.92 Å². The summed E-state index contributed by atoms with van der Waals surface area (Å²) in [6, 6.07) is 0. The summed E-state index contributed by atoms with van der Waals surface area (Å²) >= 11 is 0. The maximum atomic E-state index is 9.70. The molecule has 3 atom stereocenters. The van der Waals surface area contributed by atoms with Crippen molar-refractivity contribution in [1.29, 1.82) is 0 Å². The molecule has 0 saturated heterocycles. The molecule has 0 aromatic carbocycles. The molecule has 1 aliphatic rings. The summed E-state index contributed by atoms with van der Waals surface area (Å²) in [4.78, 5) is 0. The first kappa shape index (κ1) is 20.4. The minimum absolute atomic E-state index is 0.386. The van der Waals surface area contributed by atoms with Crippen LogP contribution in [0.1, 0.15) is 78.6 Å². The van der Waals surface area contributed by atoms with Gasteiger partial charge < -0.3 is 15.3 Å². The maximum absolute atomic E-state index is 9.70. The lowest BCUT2D eigenvalue weighted by molar-refractivity contribution is 0.0609. The Hall–Kier alpha value is -0.640. The first-order chi connectivity index (χ1) is 10.8. The minimum Gasteiger partial charge on any atom is -0.393 e. The van der Waals surface area contributed by atoms with E-state index in [1.807, 2.05) is 13.8 Å². The smallest absolute Gasteiger partial charge is 0.0602 e. The highest BCUT2D eigenvalue weighted by atomic mass is 16.3. The zero-order chi connectivity index (χ0) is 17.3. The minimum atomic E-state index is -0.532. The predicted octanol–water partition coefficient (Wildman–Crippen LogP) is 4.12. The molecule has 0 amide bonds. The molecule has 23 heavy (non-hydrogen) atoms. The molecule has 3 N–H and O–H groups in total. The third kappa shape index (κ3) is 10.7. The Bertz CT molecular complexity index is 367. The van der Waals surface area contributed by atoms with Crippen LogP contribution in [0.25, 0.3) is 0 Å². The second kappa shape index (κ2) is 10.3. The first-order valence-corrected chi connectivity index (χ1v) is 9.19. The van der Waals surface area contributed by atoms with E-state index in [1.165, 1.54) is 19.3 Å². The molecule has 0 spiro atoms. The number of aliphatic hydroxyl groups is 3. The number of unbranched alkanes of at least 4 members (excludes halogenated alkanes) is 1. The summed E-state index contributed by atoms with van der Waals surface area (Å²) in [6.45, 7) is 6.05. The highest BCUT2D eigenvalue weighted by Gasteiger charge is 2.20. The third-order valence-electron chi connectivity index (χ3n) is 4.56. The van der Waals surface area contributed by atoms with Crippen molar-refractivity contribution in [2.45, 2.75) is 96.4 Å². The van der Waals surface area contributed by atoms with Crippen LogP contribution in [0.5, 0.6) is 0 Å². The van der Waals surface area contributed by atoms with Gasteiger partial charge >= 0.3 is 0 Å². The molecular formula is C20H36O3. The fourth-order valence-corrected chi connectivity index (χ4v) is 3.22. The van der Waals surface area contributed by atoms with Gasteiger partial charge in [0, 0.05) is 0 Å². The lowest BCUT2D eigenvalue weighted by atomic mass is 9.90. The molecule has 1 saturated carbocycles. The van der Waals surface area contributed by atoms with Gasteiger partial charge in [-0.15, -0.1) is 0 Å². The van der Waals surface area contributed by atoms with Crippen LogP contribution in [-0.4, -0.2) is 33.1 Å². The Labute approximate surface area is 142 Å². The van der Waals surface area contributed by atoms with E-state index >= 15 is 0 Å². The van der Waals surface area contributed by atoms with E-state index in [0.717, 1.165) is 24.8 Å². The van der Waals surface area contributed by atoms with Gasteiger partial charge in [-0.25, -0.2) is 0 Å². The average Bonchev–Trinajstić information content (AvgIpc) is 2.40. The van der Waals surface area contributed by atoms with Gasteiger partial charge in [-0.05, 0) is 58.3 Å². The van der Waals surface area contributed by atoms with Gasteiger partial charge in [0.1, 0.15) is 0 Å². The number of rotatable bonds is 9. The molecule has 0 aromatic heterocycles. The second-order valence-corrected chi connectivity index (χ2v) is 7.95. The molecule has 0 aromatic rings. The van der Waals surface area contributed by atoms with Crippen LogP contribution in [0, 0.1) is 5.92 Å². The normalized spacial score (nSPS) is 24.2. The molecule has 0 heterocycles. The van der Waals surface area contributed by atoms with Crippen LogP contribution in [0.15, 0.2) is 23.8 Å². The number of aliphatic hydroxyl groups excluding tert-OH is 2. The fraction of sp³-hybridized carbons (Fsp3) is 0.800. The van der Waals surface area contributed by atoms with Crippen molar-refractivity contribution in [3.63, 3.8) is 0 Å². The van der Waals surface area contributed by atoms with E-state index in [9.17, 15) is 15.3 Å². The van der Waals surface area contributed by atoms with Gasteiger partial charge in [0.2, 0.25) is 0 Å².